The van der Waals surface area contributed by atoms with Crippen molar-refractivity contribution in [2.75, 3.05) is 13.1 Å². The molecule has 106 valence electrons. The van der Waals surface area contributed by atoms with Crippen LogP contribution in [0.15, 0.2) is 30.3 Å². The zero-order chi connectivity index (χ0) is 14.1. The van der Waals surface area contributed by atoms with E-state index in [4.69, 9.17) is 0 Å². The monoisotopic (exact) mass is 281 g/mol. The van der Waals surface area contributed by atoms with E-state index in [-0.39, 0.29) is 5.24 Å². The summed E-state index contributed by atoms with van der Waals surface area (Å²) in [4.78, 5) is 13.8. The maximum Gasteiger partial charge on any atom is 0.312 e. The smallest absolute Gasteiger partial charge is 0.312 e. The molecule has 0 aliphatic rings. The van der Waals surface area contributed by atoms with Crippen LogP contribution in [0.4, 0.5) is 4.79 Å². The highest BCUT2D eigenvalue weighted by Crippen LogP contribution is 2.08. The lowest BCUT2D eigenvalue weighted by Crippen LogP contribution is -2.33. The third-order valence-electron chi connectivity index (χ3n) is 3.01. The summed E-state index contributed by atoms with van der Waals surface area (Å²) < 4.78 is 12.1. The lowest BCUT2D eigenvalue weighted by Gasteiger charge is -2.20. The van der Waals surface area contributed by atoms with Crippen LogP contribution in [0.3, 0.4) is 0 Å². The van der Waals surface area contributed by atoms with E-state index >= 15 is 0 Å². The van der Waals surface area contributed by atoms with Crippen molar-refractivity contribution in [2.24, 2.45) is 0 Å². The summed E-state index contributed by atoms with van der Waals surface area (Å²) in [6.45, 7) is 5.40. The highest BCUT2D eigenvalue weighted by molar-refractivity contribution is 7.99. The van der Waals surface area contributed by atoms with Gasteiger partial charge in [0.05, 0.1) is 5.75 Å². The minimum absolute atomic E-state index is 0.234. The SMILES string of the molecule is CCCCCN(CC)C(=O)S(=O)Cc1ccccc1. The average molecular weight is 281 g/mol. The van der Waals surface area contributed by atoms with Crippen LogP contribution in [0.25, 0.3) is 0 Å². The van der Waals surface area contributed by atoms with Gasteiger partial charge in [-0.2, -0.15) is 0 Å². The second kappa shape index (κ2) is 8.86. The Bertz CT molecular complexity index is 406. The van der Waals surface area contributed by atoms with Crippen LogP contribution in [-0.2, 0) is 16.6 Å². The molecular weight excluding hydrogens is 258 g/mol. The summed E-state index contributed by atoms with van der Waals surface area (Å²) in [5.41, 5.74) is 0.943. The van der Waals surface area contributed by atoms with Crippen molar-refractivity contribution in [3.63, 3.8) is 0 Å². The van der Waals surface area contributed by atoms with Crippen molar-refractivity contribution in [1.82, 2.24) is 4.90 Å². The van der Waals surface area contributed by atoms with Gasteiger partial charge >= 0.3 is 5.24 Å². The number of rotatable bonds is 7. The first kappa shape index (κ1) is 15.9. The van der Waals surface area contributed by atoms with Gasteiger partial charge in [-0.15, -0.1) is 0 Å². The number of nitrogens with zero attached hydrogens (tertiary/aromatic N) is 1. The van der Waals surface area contributed by atoms with E-state index in [1.807, 2.05) is 37.3 Å². The molecule has 1 aromatic carbocycles. The zero-order valence-electron chi connectivity index (χ0n) is 11.8. The van der Waals surface area contributed by atoms with Gasteiger partial charge in [0, 0.05) is 13.1 Å². The Hall–Kier alpha value is -1.16. The summed E-state index contributed by atoms with van der Waals surface area (Å²) in [5, 5.41) is -0.234. The number of carbonyl (C=O) groups excluding carboxylic acids is 1. The van der Waals surface area contributed by atoms with Gasteiger partial charge in [-0.05, 0) is 18.9 Å². The normalized spacial score (nSPS) is 12.1. The molecule has 0 heterocycles. The Morgan fingerprint density at radius 1 is 1.16 bits per heavy atom. The Kier molecular flexibility index (Phi) is 7.41. The molecule has 0 bridgehead atoms. The van der Waals surface area contributed by atoms with E-state index in [1.54, 1.807) is 4.90 Å². The lowest BCUT2D eigenvalue weighted by molar-refractivity contribution is 0.223. The number of hydrogen-bond acceptors (Lipinski definition) is 2. The summed E-state index contributed by atoms with van der Waals surface area (Å²) in [6, 6.07) is 9.51. The first-order valence-corrected chi connectivity index (χ1v) is 8.22. The molecule has 1 amide bonds. The average Bonchev–Trinajstić information content (AvgIpc) is 2.44. The molecule has 1 rings (SSSR count). The van der Waals surface area contributed by atoms with Crippen LogP contribution >= 0.6 is 0 Å². The number of benzene rings is 1. The molecule has 3 nitrogen and oxygen atoms in total. The maximum absolute atomic E-state index is 12.1. The van der Waals surface area contributed by atoms with E-state index in [0.717, 1.165) is 24.8 Å². The van der Waals surface area contributed by atoms with Gasteiger partial charge in [-0.25, -0.2) is 4.21 Å². The van der Waals surface area contributed by atoms with E-state index in [0.29, 0.717) is 18.8 Å². The Morgan fingerprint density at radius 2 is 1.84 bits per heavy atom. The van der Waals surface area contributed by atoms with Crippen LogP contribution in [0.2, 0.25) is 0 Å². The number of hydrogen-bond donors (Lipinski definition) is 0. The highest BCUT2D eigenvalue weighted by Gasteiger charge is 2.18. The lowest BCUT2D eigenvalue weighted by atomic mass is 10.2. The molecule has 0 radical (unpaired) electrons. The Morgan fingerprint density at radius 3 is 2.42 bits per heavy atom. The topological polar surface area (TPSA) is 37.4 Å². The molecule has 1 unspecified atom stereocenters. The number of unbranched alkanes of at least 4 members (excludes halogenated alkanes) is 2. The fourth-order valence-corrected chi connectivity index (χ4v) is 2.99. The fraction of sp³-hybridized carbons (Fsp3) is 0.533. The number of amides is 1. The fourth-order valence-electron chi connectivity index (χ4n) is 1.86. The van der Waals surface area contributed by atoms with Gasteiger partial charge in [0.2, 0.25) is 0 Å². The molecule has 0 N–H and O–H groups in total. The van der Waals surface area contributed by atoms with Gasteiger partial charge in [-0.3, -0.25) is 4.79 Å². The second-order valence-electron chi connectivity index (χ2n) is 4.53. The van der Waals surface area contributed by atoms with Crippen molar-refractivity contribution >= 4 is 16.0 Å². The van der Waals surface area contributed by atoms with E-state index in [9.17, 15) is 9.00 Å². The summed E-state index contributed by atoms with van der Waals surface area (Å²) in [5.74, 6) is 0.309. The standard InChI is InChI=1S/C15H23NO2S/c1-3-5-9-12-16(4-2)15(17)19(18)13-14-10-7-6-8-11-14/h6-8,10-11H,3-5,9,12-13H2,1-2H3. The van der Waals surface area contributed by atoms with Crippen molar-refractivity contribution in [1.29, 1.82) is 0 Å². The Balaban J connectivity index is 2.52. The minimum atomic E-state index is -1.46. The van der Waals surface area contributed by atoms with Gasteiger partial charge < -0.3 is 4.90 Å². The zero-order valence-corrected chi connectivity index (χ0v) is 12.6. The summed E-state index contributed by atoms with van der Waals surface area (Å²) in [7, 11) is -1.46. The van der Waals surface area contributed by atoms with Gasteiger partial charge in [-0.1, -0.05) is 50.1 Å². The van der Waals surface area contributed by atoms with E-state index in [2.05, 4.69) is 6.92 Å². The van der Waals surface area contributed by atoms with Gasteiger partial charge in [0.1, 0.15) is 10.8 Å². The van der Waals surface area contributed by atoms with Crippen LogP contribution in [0.5, 0.6) is 0 Å². The molecular formula is C15H23NO2S. The first-order valence-electron chi connectivity index (χ1n) is 6.90. The molecule has 0 saturated carbocycles. The third-order valence-corrected chi connectivity index (χ3v) is 4.25. The molecule has 4 heteroatoms. The van der Waals surface area contributed by atoms with Crippen molar-refractivity contribution in [2.45, 2.75) is 38.9 Å². The molecule has 0 spiro atoms. The largest absolute Gasteiger partial charge is 0.332 e. The van der Waals surface area contributed by atoms with Gasteiger partial charge in [0.25, 0.3) is 0 Å². The Labute approximate surface area is 118 Å². The summed E-state index contributed by atoms with van der Waals surface area (Å²) >= 11 is 0. The molecule has 0 aliphatic carbocycles. The quantitative estimate of drug-likeness (QED) is 0.717. The highest BCUT2D eigenvalue weighted by atomic mass is 32.2. The van der Waals surface area contributed by atoms with E-state index in [1.165, 1.54) is 0 Å². The third kappa shape index (κ3) is 5.55. The van der Waals surface area contributed by atoms with E-state index < -0.39 is 10.8 Å². The molecule has 0 aromatic heterocycles. The van der Waals surface area contributed by atoms with Crippen LogP contribution in [-0.4, -0.2) is 27.4 Å². The predicted octanol–water partition coefficient (Wildman–Crippen LogP) is 3.57. The van der Waals surface area contributed by atoms with Crippen LogP contribution in [0.1, 0.15) is 38.7 Å². The van der Waals surface area contributed by atoms with Crippen LogP contribution in [0, 0.1) is 0 Å². The molecule has 0 fully saturated rings. The maximum atomic E-state index is 12.1. The molecule has 1 atom stereocenters. The molecule has 0 saturated heterocycles. The molecule has 1 aromatic rings. The van der Waals surface area contributed by atoms with Crippen molar-refractivity contribution in [3.05, 3.63) is 35.9 Å². The molecule has 19 heavy (non-hydrogen) atoms. The summed E-state index contributed by atoms with van der Waals surface area (Å²) in [6.07, 6.45) is 3.21. The minimum Gasteiger partial charge on any atom is -0.332 e. The van der Waals surface area contributed by atoms with Crippen molar-refractivity contribution in [3.8, 4) is 0 Å². The molecule has 0 aliphatic heterocycles. The van der Waals surface area contributed by atoms with Crippen molar-refractivity contribution < 1.29 is 9.00 Å². The first-order chi connectivity index (χ1) is 9.19. The number of carbonyl (C=O) groups is 1. The van der Waals surface area contributed by atoms with Gasteiger partial charge in [0.15, 0.2) is 0 Å². The second-order valence-corrected chi connectivity index (χ2v) is 5.86. The predicted molar refractivity (Wildman–Crippen MR) is 80.5 cm³/mol. The van der Waals surface area contributed by atoms with Crippen LogP contribution < -0.4 is 0 Å².